The van der Waals surface area contributed by atoms with Crippen LogP contribution < -0.4 is 9.64 Å². The van der Waals surface area contributed by atoms with Gasteiger partial charge < -0.3 is 24.0 Å². The third-order valence-corrected chi connectivity index (χ3v) is 8.57. The molecule has 1 unspecified atom stereocenters. The van der Waals surface area contributed by atoms with E-state index in [1.165, 1.54) is 0 Å². The maximum absolute atomic E-state index is 14.1. The average Bonchev–Trinajstić information content (AvgIpc) is 3.56. The quantitative estimate of drug-likeness (QED) is 0.333. The van der Waals surface area contributed by atoms with Crippen molar-refractivity contribution >= 4 is 17.5 Å². The third kappa shape index (κ3) is 4.91. The Morgan fingerprint density at radius 2 is 1.71 bits per heavy atom. The maximum atomic E-state index is 14.1. The molecule has 41 heavy (non-hydrogen) atoms. The van der Waals surface area contributed by atoms with Crippen molar-refractivity contribution in [3.05, 3.63) is 107 Å². The van der Waals surface area contributed by atoms with Gasteiger partial charge in [0.2, 0.25) is 0 Å². The highest BCUT2D eigenvalue weighted by Gasteiger charge is 2.31. The molecule has 1 fully saturated rings. The van der Waals surface area contributed by atoms with Crippen LogP contribution in [0.4, 0.5) is 5.69 Å². The highest BCUT2D eigenvalue weighted by atomic mass is 16.5. The van der Waals surface area contributed by atoms with Crippen molar-refractivity contribution in [3.63, 3.8) is 0 Å². The number of carbonyl (C=O) groups is 2. The van der Waals surface area contributed by atoms with Crippen LogP contribution in [0.1, 0.15) is 44.1 Å². The van der Waals surface area contributed by atoms with Crippen molar-refractivity contribution in [1.29, 1.82) is 0 Å². The molecule has 0 saturated carbocycles. The summed E-state index contributed by atoms with van der Waals surface area (Å²) in [5.74, 6) is 0.755. The molecule has 6 rings (SSSR count). The number of aromatic nitrogens is 1. The van der Waals surface area contributed by atoms with Crippen molar-refractivity contribution in [1.82, 2.24) is 14.4 Å². The first-order valence-electron chi connectivity index (χ1n) is 14.1. The fourth-order valence-corrected chi connectivity index (χ4v) is 6.22. The smallest absolute Gasteiger partial charge is 0.270 e. The minimum absolute atomic E-state index is 0.0244. The fraction of sp³-hybridized carbons (Fsp3) is 0.294. The Kier molecular flexibility index (Phi) is 7.14. The van der Waals surface area contributed by atoms with Crippen LogP contribution in [-0.2, 0) is 13.1 Å². The van der Waals surface area contributed by atoms with Gasteiger partial charge in [-0.15, -0.1) is 0 Å². The lowest BCUT2D eigenvalue weighted by Gasteiger charge is -2.25. The molecule has 2 amide bonds. The standard InChI is InChI=1S/C34H36N4O3/c1-23-19-24(13-15-28(23)29-10-6-8-12-32(29)41-4)33(39)38-22-27-14-16-31(34(40)36(3)26-17-18-35(2)21-26)37(27)20-25-9-5-7-11-30(25)38/h5-16,19,26H,17-18,20-22H2,1-4H3. The summed E-state index contributed by atoms with van der Waals surface area (Å²) in [4.78, 5) is 33.8. The van der Waals surface area contributed by atoms with E-state index in [9.17, 15) is 9.59 Å². The minimum atomic E-state index is -0.0687. The number of likely N-dealkylation sites (tertiary alicyclic amines) is 1. The van der Waals surface area contributed by atoms with Gasteiger partial charge in [0, 0.05) is 42.1 Å². The molecule has 0 spiro atoms. The van der Waals surface area contributed by atoms with Crippen molar-refractivity contribution in [3.8, 4) is 16.9 Å². The van der Waals surface area contributed by atoms with E-state index in [0.29, 0.717) is 24.3 Å². The van der Waals surface area contributed by atoms with Gasteiger partial charge in [-0.2, -0.15) is 0 Å². The van der Waals surface area contributed by atoms with E-state index in [4.69, 9.17) is 4.74 Å². The van der Waals surface area contributed by atoms with Crippen molar-refractivity contribution < 1.29 is 14.3 Å². The second-order valence-electron chi connectivity index (χ2n) is 11.2. The van der Waals surface area contributed by atoms with Crippen LogP contribution >= 0.6 is 0 Å². The molecule has 0 aliphatic carbocycles. The Bertz CT molecular complexity index is 1620. The topological polar surface area (TPSA) is 58.0 Å². The molecule has 7 nitrogen and oxygen atoms in total. The van der Waals surface area contributed by atoms with Crippen LogP contribution in [0.2, 0.25) is 0 Å². The number of ether oxygens (including phenoxy) is 1. The molecule has 0 radical (unpaired) electrons. The number of nitrogens with zero attached hydrogens (tertiary/aromatic N) is 4. The van der Waals surface area contributed by atoms with E-state index in [1.807, 2.05) is 103 Å². The van der Waals surface area contributed by atoms with Gasteiger partial charge in [-0.05, 0) is 80.0 Å². The number of aryl methyl sites for hydroxylation is 1. The normalized spacial score (nSPS) is 16.6. The second kappa shape index (κ2) is 10.9. The lowest BCUT2D eigenvalue weighted by molar-refractivity contribution is 0.0726. The number of benzene rings is 3. The van der Waals surface area contributed by atoms with Gasteiger partial charge in [-0.3, -0.25) is 9.59 Å². The van der Waals surface area contributed by atoms with Gasteiger partial charge in [0.05, 0.1) is 20.2 Å². The lowest BCUT2D eigenvalue weighted by Crippen LogP contribution is -2.39. The molecule has 1 atom stereocenters. The van der Waals surface area contributed by atoms with E-state index < -0.39 is 0 Å². The Balaban J connectivity index is 1.33. The fourth-order valence-electron chi connectivity index (χ4n) is 6.22. The SMILES string of the molecule is COc1ccccc1-c1ccc(C(=O)N2Cc3ccc(C(=O)N(C)C4CCN(C)C4)n3Cc3ccccc32)cc1C. The molecule has 0 N–H and O–H groups in total. The first kappa shape index (κ1) is 26.8. The van der Waals surface area contributed by atoms with Crippen LogP contribution in [0.25, 0.3) is 11.1 Å². The molecule has 1 aromatic heterocycles. The van der Waals surface area contributed by atoms with Crippen LogP contribution in [0.3, 0.4) is 0 Å². The van der Waals surface area contributed by atoms with Crippen LogP contribution in [0, 0.1) is 6.92 Å². The number of methoxy groups -OCH3 is 1. The zero-order valence-electron chi connectivity index (χ0n) is 24.1. The highest BCUT2D eigenvalue weighted by Crippen LogP contribution is 2.34. The number of fused-ring (bicyclic) bond motifs is 2. The summed E-state index contributed by atoms with van der Waals surface area (Å²) < 4.78 is 7.66. The first-order chi connectivity index (χ1) is 19.9. The number of amides is 2. The van der Waals surface area contributed by atoms with Gasteiger partial charge in [0.15, 0.2) is 0 Å². The summed E-state index contributed by atoms with van der Waals surface area (Å²) in [7, 11) is 5.67. The van der Waals surface area contributed by atoms with Crippen LogP contribution in [-0.4, -0.2) is 66.5 Å². The molecule has 3 heterocycles. The second-order valence-corrected chi connectivity index (χ2v) is 11.2. The van der Waals surface area contributed by atoms with Crippen molar-refractivity contribution in [2.24, 2.45) is 0 Å². The third-order valence-electron chi connectivity index (χ3n) is 8.57. The summed E-state index contributed by atoms with van der Waals surface area (Å²) >= 11 is 0. The Morgan fingerprint density at radius 3 is 2.46 bits per heavy atom. The summed E-state index contributed by atoms with van der Waals surface area (Å²) in [5, 5.41) is 0. The van der Waals surface area contributed by atoms with Gasteiger partial charge in [0.1, 0.15) is 11.4 Å². The van der Waals surface area contributed by atoms with Gasteiger partial charge in [-0.25, -0.2) is 0 Å². The summed E-state index contributed by atoms with van der Waals surface area (Å²) in [6.07, 6.45) is 0.979. The molecule has 7 heteroatoms. The summed E-state index contributed by atoms with van der Waals surface area (Å²) in [6.45, 7) is 4.82. The Labute approximate surface area is 241 Å². The molecule has 210 valence electrons. The predicted octanol–water partition coefficient (Wildman–Crippen LogP) is 5.46. The number of hydrogen-bond donors (Lipinski definition) is 0. The molecule has 3 aromatic carbocycles. The molecule has 1 saturated heterocycles. The largest absolute Gasteiger partial charge is 0.496 e. The zero-order valence-corrected chi connectivity index (χ0v) is 24.1. The predicted molar refractivity (Wildman–Crippen MR) is 162 cm³/mol. The van der Waals surface area contributed by atoms with Gasteiger partial charge in [0.25, 0.3) is 11.8 Å². The molecule has 0 bridgehead atoms. The number of carbonyl (C=O) groups excluding carboxylic acids is 2. The number of rotatable bonds is 5. The number of likely N-dealkylation sites (N-methyl/N-ethyl adjacent to an activating group) is 2. The molecule has 2 aliphatic rings. The average molecular weight is 549 g/mol. The van der Waals surface area contributed by atoms with E-state index >= 15 is 0 Å². The van der Waals surface area contributed by atoms with Gasteiger partial charge in [-0.1, -0.05) is 42.5 Å². The number of hydrogen-bond acceptors (Lipinski definition) is 4. The monoisotopic (exact) mass is 548 g/mol. The number of anilines is 1. The lowest BCUT2D eigenvalue weighted by atomic mass is 9.97. The van der Waals surface area contributed by atoms with Crippen molar-refractivity contribution in [2.45, 2.75) is 32.5 Å². The van der Waals surface area contributed by atoms with Crippen LogP contribution in [0.15, 0.2) is 78.9 Å². The summed E-state index contributed by atoms with van der Waals surface area (Å²) in [6, 6.07) is 25.9. The molecular weight excluding hydrogens is 512 g/mol. The van der Waals surface area contributed by atoms with E-state index in [1.54, 1.807) is 7.11 Å². The molecular formula is C34H36N4O3. The minimum Gasteiger partial charge on any atom is -0.496 e. The Hall–Kier alpha value is -4.36. The van der Waals surface area contributed by atoms with E-state index in [-0.39, 0.29) is 17.9 Å². The molecule has 2 aliphatic heterocycles. The van der Waals surface area contributed by atoms with Crippen LogP contribution in [0.5, 0.6) is 5.75 Å². The first-order valence-corrected chi connectivity index (χ1v) is 14.1. The van der Waals surface area contributed by atoms with Crippen molar-refractivity contribution in [2.75, 3.05) is 39.2 Å². The zero-order chi connectivity index (χ0) is 28.7. The summed E-state index contributed by atoms with van der Waals surface area (Å²) in [5.41, 5.74) is 7.14. The van der Waals surface area contributed by atoms with E-state index in [2.05, 4.69) is 16.5 Å². The van der Waals surface area contributed by atoms with E-state index in [0.717, 1.165) is 58.9 Å². The maximum Gasteiger partial charge on any atom is 0.270 e. The Morgan fingerprint density at radius 1 is 0.927 bits per heavy atom. The highest BCUT2D eigenvalue weighted by molar-refractivity contribution is 6.07. The van der Waals surface area contributed by atoms with Gasteiger partial charge >= 0.3 is 0 Å². The molecule has 4 aromatic rings. The number of para-hydroxylation sites is 2.